The number of aromatic nitrogens is 5. The van der Waals surface area contributed by atoms with Crippen molar-refractivity contribution in [1.82, 2.24) is 29.9 Å². The van der Waals surface area contributed by atoms with Gasteiger partial charge >= 0.3 is 6.18 Å². The van der Waals surface area contributed by atoms with E-state index in [0.717, 1.165) is 12.1 Å². The Hall–Kier alpha value is -4.76. The lowest BCUT2D eigenvalue weighted by atomic mass is 9.86. The molecular formula is C41H36ClF7N6O3S. The highest BCUT2D eigenvalue weighted by Gasteiger charge is 2.68. The van der Waals surface area contributed by atoms with Crippen LogP contribution in [0.5, 0.6) is 0 Å². The van der Waals surface area contributed by atoms with Gasteiger partial charge in [-0.2, -0.15) is 32.1 Å². The lowest BCUT2D eigenvalue weighted by Gasteiger charge is -2.22. The summed E-state index contributed by atoms with van der Waals surface area (Å²) < 4.78 is 117. The van der Waals surface area contributed by atoms with Crippen molar-refractivity contribution in [2.75, 3.05) is 19.3 Å². The van der Waals surface area contributed by atoms with Crippen molar-refractivity contribution < 1.29 is 44.8 Å². The molecule has 18 heteroatoms. The molecule has 0 bridgehead atoms. The first kappa shape index (κ1) is 41.0. The lowest BCUT2D eigenvalue weighted by molar-refractivity contribution is -0.142. The average molecular weight is 861 g/mol. The second kappa shape index (κ2) is 14.5. The Labute approximate surface area is 339 Å². The summed E-state index contributed by atoms with van der Waals surface area (Å²) in [5.41, 5.74) is -2.24. The largest absolute Gasteiger partial charge is 0.435 e. The van der Waals surface area contributed by atoms with E-state index in [1.807, 2.05) is 0 Å². The summed E-state index contributed by atoms with van der Waals surface area (Å²) in [6, 6.07) is 9.27. The minimum atomic E-state index is -5.05. The molecule has 2 aliphatic carbocycles. The molecule has 2 aromatic carbocycles. The molecule has 1 saturated carbocycles. The summed E-state index contributed by atoms with van der Waals surface area (Å²) in [7, 11) is -0.955. The van der Waals surface area contributed by atoms with Crippen LogP contribution in [-0.2, 0) is 52.2 Å². The molecule has 8 rings (SSSR count). The number of fused-ring (bicyclic) bond motifs is 4. The van der Waals surface area contributed by atoms with Crippen LogP contribution < -0.4 is 5.32 Å². The second-order valence-electron chi connectivity index (χ2n) is 15.8. The maximum Gasteiger partial charge on any atom is 0.435 e. The van der Waals surface area contributed by atoms with Crippen molar-refractivity contribution in [3.05, 3.63) is 98.7 Å². The number of aliphatic hydroxyl groups is 1. The van der Waals surface area contributed by atoms with Crippen LogP contribution in [0.2, 0.25) is 5.02 Å². The van der Waals surface area contributed by atoms with Crippen LogP contribution in [0.4, 0.5) is 30.7 Å². The third kappa shape index (κ3) is 7.87. The predicted molar refractivity (Wildman–Crippen MR) is 208 cm³/mol. The number of pyridine rings is 1. The van der Waals surface area contributed by atoms with Gasteiger partial charge < -0.3 is 10.4 Å². The van der Waals surface area contributed by atoms with E-state index < -0.39 is 92.3 Å². The standard InChI is InChI=1S/C41H36ClF7N6O3S/c1-54-36-28(6-7-31(42)34(36)32(52-54)19-59(2,3)58)27-5-4-25(8-9-39(57)10-11-50-20-39)51-35(27)22(12-21-13-23(43)16-24(44)14-21)15-26(56)18-55-38-33(37(53-55)41(47,48)49)29-17-30(29)40(38,45)46/h4-7,13-14,16,22,29-30,50,57H,2,10-12,15,17-20H2,1,3H3/t22-,29+,30-,39?,59?/m1/s1. The first-order chi connectivity index (χ1) is 27.6. The van der Waals surface area contributed by atoms with Crippen LogP contribution in [0.3, 0.4) is 0 Å². The van der Waals surface area contributed by atoms with E-state index in [4.69, 9.17) is 16.6 Å². The van der Waals surface area contributed by atoms with E-state index in [2.05, 4.69) is 33.2 Å². The molecule has 1 saturated heterocycles. The molecule has 0 radical (unpaired) electrons. The molecule has 310 valence electrons. The van der Waals surface area contributed by atoms with Crippen LogP contribution in [0.25, 0.3) is 22.0 Å². The molecule has 3 aliphatic rings. The number of rotatable bonds is 10. The van der Waals surface area contributed by atoms with Crippen molar-refractivity contribution >= 4 is 43.7 Å². The summed E-state index contributed by atoms with van der Waals surface area (Å²) in [4.78, 5) is 19.0. The van der Waals surface area contributed by atoms with Crippen molar-refractivity contribution in [3.63, 3.8) is 0 Å². The normalized spacial score (nSPS) is 22.1. The zero-order valence-electron chi connectivity index (χ0n) is 31.6. The van der Waals surface area contributed by atoms with Gasteiger partial charge in [-0.25, -0.2) is 13.8 Å². The number of Topliss-reactive ketones (excluding diaryl/α,β-unsaturated/α-hetero) is 1. The van der Waals surface area contributed by atoms with Gasteiger partial charge in [0, 0.05) is 72.7 Å². The molecule has 59 heavy (non-hydrogen) atoms. The Morgan fingerprint density at radius 1 is 1.14 bits per heavy atom. The van der Waals surface area contributed by atoms with Gasteiger partial charge in [0.1, 0.15) is 35.2 Å². The highest BCUT2D eigenvalue weighted by atomic mass is 35.5. The van der Waals surface area contributed by atoms with Crippen LogP contribution in [0, 0.1) is 29.4 Å². The maximum atomic E-state index is 15.5. The number of hydrogen-bond acceptors (Lipinski definition) is 7. The number of benzene rings is 2. The number of alkyl halides is 5. The van der Waals surface area contributed by atoms with Crippen molar-refractivity contribution in [2.24, 2.45) is 13.0 Å². The van der Waals surface area contributed by atoms with Crippen LogP contribution in [0.1, 0.15) is 70.7 Å². The van der Waals surface area contributed by atoms with Gasteiger partial charge in [0.05, 0.1) is 27.7 Å². The number of hydrogen-bond donors (Lipinski definition) is 2. The Balaban J connectivity index is 1.28. The fraction of sp³-hybridized carbons (Fsp3) is 0.390. The zero-order valence-corrected chi connectivity index (χ0v) is 33.1. The number of carbonyl (C=O) groups is 1. The number of aryl methyl sites for hydroxylation is 1. The molecular weight excluding hydrogens is 825 g/mol. The minimum Gasteiger partial charge on any atom is -0.376 e. The van der Waals surface area contributed by atoms with Gasteiger partial charge in [-0.3, -0.25) is 18.4 Å². The maximum absolute atomic E-state index is 15.5. The summed E-state index contributed by atoms with van der Waals surface area (Å²) in [6.07, 6.45) is -4.15. The third-order valence-corrected chi connectivity index (χ3v) is 12.2. The number of ketones is 1. The summed E-state index contributed by atoms with van der Waals surface area (Å²) in [5, 5.41) is 22.8. The molecule has 4 heterocycles. The van der Waals surface area contributed by atoms with Gasteiger partial charge in [0.2, 0.25) is 0 Å². The Morgan fingerprint density at radius 2 is 1.85 bits per heavy atom. The lowest BCUT2D eigenvalue weighted by Crippen LogP contribution is -2.29. The van der Waals surface area contributed by atoms with Crippen LogP contribution in [0.15, 0.2) is 42.5 Å². The molecule has 2 fully saturated rings. The van der Waals surface area contributed by atoms with E-state index in [1.54, 1.807) is 31.3 Å². The molecule has 2 unspecified atom stereocenters. The van der Waals surface area contributed by atoms with Crippen LogP contribution in [-0.4, -0.2) is 70.5 Å². The molecule has 5 atom stereocenters. The fourth-order valence-corrected chi connectivity index (χ4v) is 9.54. The first-order valence-corrected chi connectivity index (χ1v) is 21.2. The van der Waals surface area contributed by atoms with Gasteiger partial charge in [0.25, 0.3) is 5.92 Å². The fourth-order valence-electron chi connectivity index (χ4n) is 8.49. The minimum absolute atomic E-state index is 0.0130. The molecule has 9 nitrogen and oxygen atoms in total. The second-order valence-corrected chi connectivity index (χ2v) is 18.9. The highest BCUT2D eigenvalue weighted by Crippen LogP contribution is 2.68. The van der Waals surface area contributed by atoms with Gasteiger partial charge in [0.15, 0.2) is 11.5 Å². The summed E-state index contributed by atoms with van der Waals surface area (Å²) in [6.45, 7) is -0.230. The first-order valence-electron chi connectivity index (χ1n) is 18.6. The molecule has 0 amide bonds. The smallest absolute Gasteiger partial charge is 0.376 e. The van der Waals surface area contributed by atoms with E-state index in [9.17, 15) is 36.1 Å². The number of nitrogens with one attached hydrogen (secondary N) is 1. The Morgan fingerprint density at radius 3 is 2.51 bits per heavy atom. The summed E-state index contributed by atoms with van der Waals surface area (Å²) >= 11 is 6.72. The highest BCUT2D eigenvalue weighted by molar-refractivity contribution is 7.98. The predicted octanol–water partition coefficient (Wildman–Crippen LogP) is 6.90. The van der Waals surface area contributed by atoms with E-state index >= 15 is 8.78 Å². The summed E-state index contributed by atoms with van der Waals surface area (Å²) in [5.74, 6) is -0.251. The third-order valence-electron chi connectivity index (χ3n) is 11.0. The van der Waals surface area contributed by atoms with E-state index in [-0.39, 0.29) is 47.1 Å². The van der Waals surface area contributed by atoms with E-state index in [1.165, 1.54) is 10.9 Å². The molecule has 3 aromatic heterocycles. The van der Waals surface area contributed by atoms with Gasteiger partial charge in [-0.1, -0.05) is 23.6 Å². The Kier molecular flexibility index (Phi) is 10.0. The molecule has 0 spiro atoms. The van der Waals surface area contributed by atoms with Gasteiger partial charge in [-0.15, -0.1) is 0 Å². The topological polar surface area (TPSA) is 115 Å². The van der Waals surface area contributed by atoms with Crippen molar-refractivity contribution in [3.8, 4) is 23.0 Å². The SMILES string of the molecule is C=S(C)(=O)Cc1nn(C)c2c(-c3ccc(C#CC4(O)CCNC4)nc3[C@@H](CC(=O)Cn3nc(C(F)(F)F)c4c3C(F)(F)[C@@H]3C[C@H]43)Cc3cc(F)cc(F)c3)ccc(Cl)c12. The molecule has 2 N–H and O–H groups in total. The van der Waals surface area contributed by atoms with Crippen molar-refractivity contribution in [1.29, 1.82) is 0 Å². The van der Waals surface area contributed by atoms with Gasteiger partial charge in [-0.05, 0) is 82.5 Å². The number of carbonyl (C=O) groups excluding carboxylic acids is 1. The monoisotopic (exact) mass is 860 g/mol. The van der Waals surface area contributed by atoms with E-state index in [0.29, 0.717) is 51.4 Å². The van der Waals surface area contributed by atoms with Crippen LogP contribution >= 0.6 is 11.6 Å². The molecule has 1 aliphatic heterocycles. The zero-order chi connectivity index (χ0) is 42.4. The Bertz CT molecular complexity index is 2710. The number of halogens is 8. The van der Waals surface area contributed by atoms with Crippen molar-refractivity contribution in [2.45, 2.75) is 67.5 Å². The average Bonchev–Trinajstić information content (AvgIpc) is 3.35. The number of nitrogens with zero attached hydrogens (tertiary/aromatic N) is 5. The molecule has 5 aromatic rings. The number of β-amino-alcohol motifs (C(OH)–C–C–N with tert-alkyl or cyclic N) is 1. The quantitative estimate of drug-likeness (QED) is 0.0893.